The van der Waals surface area contributed by atoms with Gasteiger partial charge in [0.25, 0.3) is 0 Å². The molecular formula is C19H24N2OS2. The smallest absolute Gasteiger partial charge is 0.230 e. The van der Waals surface area contributed by atoms with E-state index in [4.69, 9.17) is 0 Å². The van der Waals surface area contributed by atoms with Crippen LogP contribution in [0.2, 0.25) is 0 Å². The average Bonchev–Trinajstić information content (AvgIpc) is 3.21. The molecule has 2 aromatic rings. The Morgan fingerprint density at radius 3 is 2.62 bits per heavy atom. The largest absolute Gasteiger partial charge is 0.326 e. The van der Waals surface area contributed by atoms with E-state index in [0.29, 0.717) is 12.3 Å². The highest BCUT2D eigenvalue weighted by molar-refractivity contribution is 8.00. The molecule has 1 fully saturated rings. The van der Waals surface area contributed by atoms with Crippen LogP contribution in [0.25, 0.3) is 0 Å². The number of thioether (sulfide) groups is 1. The van der Waals surface area contributed by atoms with Crippen molar-refractivity contribution in [1.29, 1.82) is 0 Å². The topological polar surface area (TPSA) is 42.0 Å². The van der Waals surface area contributed by atoms with Crippen molar-refractivity contribution < 1.29 is 4.79 Å². The Hall–Kier alpha value is -1.33. The number of benzene rings is 1. The van der Waals surface area contributed by atoms with Crippen molar-refractivity contribution in [1.82, 2.24) is 4.98 Å². The molecule has 1 aromatic carbocycles. The van der Waals surface area contributed by atoms with E-state index in [1.165, 1.54) is 30.6 Å². The van der Waals surface area contributed by atoms with E-state index in [9.17, 15) is 4.79 Å². The van der Waals surface area contributed by atoms with Crippen LogP contribution in [0.1, 0.15) is 56.2 Å². The monoisotopic (exact) mass is 360 g/mol. The fourth-order valence-electron chi connectivity index (χ4n) is 2.85. The lowest BCUT2D eigenvalue weighted by Gasteiger charge is -2.09. The molecule has 0 spiro atoms. The molecule has 0 aliphatic heterocycles. The highest BCUT2D eigenvalue weighted by Gasteiger charge is 2.16. The van der Waals surface area contributed by atoms with E-state index < -0.39 is 0 Å². The maximum atomic E-state index is 12.2. The number of aromatic nitrogens is 1. The lowest BCUT2D eigenvalue weighted by molar-refractivity contribution is -0.115. The van der Waals surface area contributed by atoms with Crippen molar-refractivity contribution in [3.63, 3.8) is 0 Å². The van der Waals surface area contributed by atoms with E-state index in [0.717, 1.165) is 21.6 Å². The van der Waals surface area contributed by atoms with Gasteiger partial charge in [-0.05, 0) is 37.1 Å². The third-order valence-corrected chi connectivity index (χ3v) is 6.69. The van der Waals surface area contributed by atoms with Crippen LogP contribution in [0, 0.1) is 0 Å². The maximum Gasteiger partial charge on any atom is 0.230 e. The van der Waals surface area contributed by atoms with Gasteiger partial charge in [-0.2, -0.15) is 0 Å². The van der Waals surface area contributed by atoms with E-state index in [2.05, 4.69) is 36.3 Å². The normalized spacial score (nSPS) is 15.1. The van der Waals surface area contributed by atoms with Crippen LogP contribution in [-0.4, -0.2) is 16.1 Å². The standard InChI is InChI=1S/C19H24N2OS2/c1-13(2)19-21-15(12-23-19)11-18(22)20-14-7-9-17(10-8-14)24-16-5-3-4-6-16/h7-10,12-13,16H,3-6,11H2,1-2H3,(H,20,22). The third kappa shape index (κ3) is 4.84. The van der Waals surface area contributed by atoms with Crippen LogP contribution in [0.4, 0.5) is 5.69 Å². The van der Waals surface area contributed by atoms with Gasteiger partial charge in [0, 0.05) is 27.1 Å². The minimum absolute atomic E-state index is 0.00759. The number of amides is 1. The van der Waals surface area contributed by atoms with Gasteiger partial charge < -0.3 is 5.32 Å². The Morgan fingerprint density at radius 2 is 2.00 bits per heavy atom. The molecule has 5 heteroatoms. The molecule has 128 valence electrons. The minimum Gasteiger partial charge on any atom is -0.326 e. The van der Waals surface area contributed by atoms with Gasteiger partial charge in [0.05, 0.1) is 17.1 Å². The van der Waals surface area contributed by atoms with Gasteiger partial charge in [-0.1, -0.05) is 26.7 Å². The predicted molar refractivity (Wildman–Crippen MR) is 103 cm³/mol. The number of hydrogen-bond donors (Lipinski definition) is 1. The first kappa shape index (κ1) is 17.5. The summed E-state index contributed by atoms with van der Waals surface area (Å²) in [5, 5.41) is 6.81. The lowest BCUT2D eigenvalue weighted by atomic mass is 10.2. The summed E-state index contributed by atoms with van der Waals surface area (Å²) in [4.78, 5) is 18.0. The number of rotatable bonds is 6. The zero-order valence-electron chi connectivity index (χ0n) is 14.2. The van der Waals surface area contributed by atoms with Crippen molar-refractivity contribution in [2.75, 3.05) is 5.32 Å². The predicted octanol–water partition coefficient (Wildman–Crippen LogP) is 5.48. The summed E-state index contributed by atoms with van der Waals surface area (Å²) in [5.74, 6) is 0.406. The van der Waals surface area contributed by atoms with Crippen LogP contribution >= 0.6 is 23.1 Å². The second kappa shape index (κ2) is 8.17. The molecule has 3 nitrogen and oxygen atoms in total. The molecule has 1 N–H and O–H groups in total. The number of thiazole rings is 1. The Labute approximate surface area is 152 Å². The SMILES string of the molecule is CC(C)c1nc(CC(=O)Nc2ccc(SC3CCCC3)cc2)cs1. The third-order valence-electron chi connectivity index (χ3n) is 4.15. The van der Waals surface area contributed by atoms with Gasteiger partial charge in [-0.3, -0.25) is 4.79 Å². The molecule has 1 heterocycles. The van der Waals surface area contributed by atoms with Crippen molar-refractivity contribution in [2.45, 2.75) is 62.0 Å². The number of nitrogens with one attached hydrogen (secondary N) is 1. The van der Waals surface area contributed by atoms with Gasteiger partial charge >= 0.3 is 0 Å². The number of nitrogens with zero attached hydrogens (tertiary/aromatic N) is 1. The molecule has 0 saturated heterocycles. The van der Waals surface area contributed by atoms with Crippen LogP contribution < -0.4 is 5.32 Å². The van der Waals surface area contributed by atoms with Crippen molar-refractivity contribution in [3.05, 3.63) is 40.3 Å². The molecule has 1 saturated carbocycles. The van der Waals surface area contributed by atoms with Gasteiger partial charge in [0.15, 0.2) is 0 Å². The minimum atomic E-state index is -0.00759. The zero-order valence-corrected chi connectivity index (χ0v) is 15.9. The first-order chi connectivity index (χ1) is 11.6. The van der Waals surface area contributed by atoms with Gasteiger partial charge in [0.1, 0.15) is 0 Å². The zero-order chi connectivity index (χ0) is 16.9. The molecular weight excluding hydrogens is 336 g/mol. The summed E-state index contributed by atoms with van der Waals surface area (Å²) in [6.07, 6.45) is 5.72. The molecule has 0 radical (unpaired) electrons. The number of hydrogen-bond acceptors (Lipinski definition) is 4. The average molecular weight is 361 g/mol. The molecule has 1 aliphatic carbocycles. The first-order valence-corrected chi connectivity index (χ1v) is 10.4. The van der Waals surface area contributed by atoms with Crippen LogP contribution in [0.5, 0.6) is 0 Å². The van der Waals surface area contributed by atoms with Gasteiger partial charge in [-0.25, -0.2) is 4.98 Å². The fraction of sp³-hybridized carbons (Fsp3) is 0.474. The quantitative estimate of drug-likeness (QED) is 0.741. The maximum absolute atomic E-state index is 12.2. The van der Waals surface area contributed by atoms with E-state index in [-0.39, 0.29) is 5.91 Å². The lowest BCUT2D eigenvalue weighted by Crippen LogP contribution is -2.14. The van der Waals surface area contributed by atoms with Crippen molar-refractivity contribution in [2.24, 2.45) is 0 Å². The van der Waals surface area contributed by atoms with Crippen molar-refractivity contribution in [3.8, 4) is 0 Å². The fourth-order valence-corrected chi connectivity index (χ4v) is 4.94. The Bertz CT molecular complexity index is 673. The summed E-state index contributed by atoms with van der Waals surface area (Å²) in [6, 6.07) is 8.21. The molecule has 24 heavy (non-hydrogen) atoms. The number of carbonyl (C=O) groups excluding carboxylic acids is 1. The van der Waals surface area contributed by atoms with Gasteiger partial charge in [-0.15, -0.1) is 23.1 Å². The summed E-state index contributed by atoms with van der Waals surface area (Å²) in [6.45, 7) is 4.24. The summed E-state index contributed by atoms with van der Waals surface area (Å²) in [5.41, 5.74) is 1.71. The molecule has 1 aromatic heterocycles. The molecule has 1 amide bonds. The molecule has 3 rings (SSSR count). The van der Waals surface area contributed by atoms with Crippen LogP contribution in [-0.2, 0) is 11.2 Å². The summed E-state index contributed by atoms with van der Waals surface area (Å²) >= 11 is 3.59. The Balaban J connectivity index is 1.51. The van der Waals surface area contributed by atoms with E-state index in [1.54, 1.807) is 11.3 Å². The van der Waals surface area contributed by atoms with E-state index in [1.807, 2.05) is 29.3 Å². The number of anilines is 1. The van der Waals surface area contributed by atoms with E-state index >= 15 is 0 Å². The second-order valence-corrected chi connectivity index (χ2v) is 8.87. The first-order valence-electron chi connectivity index (χ1n) is 8.61. The summed E-state index contributed by atoms with van der Waals surface area (Å²) < 4.78 is 0. The number of carbonyl (C=O) groups is 1. The highest BCUT2D eigenvalue weighted by atomic mass is 32.2. The molecule has 1 aliphatic rings. The Kier molecular flexibility index (Phi) is 5.95. The van der Waals surface area contributed by atoms with Crippen molar-refractivity contribution >= 4 is 34.7 Å². The van der Waals surface area contributed by atoms with Crippen LogP contribution in [0.3, 0.4) is 0 Å². The highest BCUT2D eigenvalue weighted by Crippen LogP contribution is 2.34. The Morgan fingerprint density at radius 1 is 1.29 bits per heavy atom. The van der Waals surface area contributed by atoms with Gasteiger partial charge in [0.2, 0.25) is 5.91 Å². The summed E-state index contributed by atoms with van der Waals surface area (Å²) in [7, 11) is 0. The second-order valence-electron chi connectivity index (χ2n) is 6.61. The van der Waals surface area contributed by atoms with Crippen LogP contribution in [0.15, 0.2) is 34.5 Å². The molecule has 0 bridgehead atoms. The molecule has 0 unspecified atom stereocenters. The molecule has 0 atom stereocenters.